The molecule has 1 saturated heterocycles. The van der Waals surface area contributed by atoms with Crippen molar-refractivity contribution >= 4 is 99.3 Å². The largest absolute Gasteiger partial charge is 0.481 e. The molecule has 0 aliphatic carbocycles. The van der Waals surface area contributed by atoms with Crippen LogP contribution in [0.25, 0.3) is 0 Å². The van der Waals surface area contributed by atoms with E-state index >= 15 is 0 Å². The number of halogens is 1. The third-order valence-electron chi connectivity index (χ3n) is 20.1. The number of benzene rings is 3. The van der Waals surface area contributed by atoms with Gasteiger partial charge in [-0.15, -0.1) is 0 Å². The van der Waals surface area contributed by atoms with Crippen LogP contribution in [-0.4, -0.2) is 233 Å². The molecule has 111 heavy (non-hydrogen) atoms. The number of hydrogen-bond donors (Lipinski definition) is 10. The fourth-order valence-electron chi connectivity index (χ4n) is 13.4. The van der Waals surface area contributed by atoms with Gasteiger partial charge in [0.25, 0.3) is 0 Å². The van der Waals surface area contributed by atoms with Gasteiger partial charge < -0.3 is 62.1 Å². The standard InChI is InChI=1S/C83H125IN10O17/c1-5-24-71(81(107)108)90-83(111)86-44-21-11-20-43-85-75(99)36-19-7-6-15-31-67(95)32-16-9-14-30-64(80(105)106)57-74(98)73(55-62-26-12-8-13-27-62)89-78(103)65(54-63-29-22-25-60(2)53-63)56-69(97)41-42-70(87-76(100)58-93-49-47-91(3)45-46-92(4)48-50-94(52-51-93)59-77(101)102)79(104)88-72(82(109)110)35-18-10-17-33-68(96)34-23-28-61-37-39-66(84)40-38-61/h8,12-13,22,25-27,29,37-40,53,64-65,70-73H,5-7,9-11,14-21,23-24,28,30-36,41-52,54-59H2,1-4H3,(H,85,99)(H,87,100)(H,88,104)(H,89,103)(H,101,102)(H,105,106)(H,107,108)(H,109,110)(H2,86,90,111). The van der Waals surface area contributed by atoms with Crippen LogP contribution in [0.5, 0.6) is 0 Å². The Morgan fingerprint density at radius 1 is 0.423 bits per heavy atom. The number of nitrogens with zero attached hydrogens (tertiary/aromatic N) is 4. The van der Waals surface area contributed by atoms with Crippen molar-refractivity contribution < 1.29 is 82.8 Å². The number of carboxylic acid groups (broad SMARTS) is 4. The predicted octanol–water partition coefficient (Wildman–Crippen LogP) is 8.75. The summed E-state index contributed by atoms with van der Waals surface area (Å²) < 4.78 is 1.13. The number of urea groups is 1. The van der Waals surface area contributed by atoms with Gasteiger partial charge in [0.15, 0.2) is 5.78 Å². The molecule has 0 aromatic heterocycles. The van der Waals surface area contributed by atoms with Crippen molar-refractivity contribution in [2.75, 3.05) is 92.6 Å². The van der Waals surface area contributed by atoms with E-state index in [9.17, 15) is 82.8 Å². The second-order valence-corrected chi connectivity index (χ2v) is 31.1. The Balaban J connectivity index is 1.38. The molecule has 0 saturated carbocycles. The van der Waals surface area contributed by atoms with Gasteiger partial charge in [-0.3, -0.25) is 57.7 Å². The number of Topliss-reactive ketones (excluding diaryl/α,β-unsaturated/α-hetero) is 4. The molecular weight excluding hydrogens is 1540 g/mol. The van der Waals surface area contributed by atoms with Crippen LogP contribution in [0.1, 0.15) is 203 Å². The Hall–Kier alpha value is -8.06. The van der Waals surface area contributed by atoms with Gasteiger partial charge in [-0.05, 0) is 169 Å². The number of hydrogen-bond acceptors (Lipinski definition) is 17. The van der Waals surface area contributed by atoms with E-state index in [-0.39, 0.29) is 75.5 Å². The molecule has 4 rings (SSSR count). The van der Waals surface area contributed by atoms with E-state index in [4.69, 9.17) is 0 Å². The van der Waals surface area contributed by atoms with Gasteiger partial charge in [0.05, 0.1) is 25.0 Å². The monoisotopic (exact) mass is 1660 g/mol. The van der Waals surface area contributed by atoms with Crippen LogP contribution in [0.3, 0.4) is 0 Å². The van der Waals surface area contributed by atoms with E-state index in [0.717, 1.165) is 53.3 Å². The average molecular weight is 1660 g/mol. The first-order valence-electron chi connectivity index (χ1n) is 40.0. The zero-order chi connectivity index (χ0) is 81.3. The molecule has 3 aromatic carbocycles. The molecule has 616 valence electrons. The highest BCUT2D eigenvalue weighted by Gasteiger charge is 2.33. The third kappa shape index (κ3) is 43.5. The highest BCUT2D eigenvalue weighted by atomic mass is 127. The minimum atomic E-state index is -1.43. The summed E-state index contributed by atoms with van der Waals surface area (Å²) in [7, 11) is 3.94. The molecule has 1 aliphatic heterocycles. The summed E-state index contributed by atoms with van der Waals surface area (Å²) in [6, 6.07) is 19.0. The second kappa shape index (κ2) is 55.4. The summed E-state index contributed by atoms with van der Waals surface area (Å²) in [6.07, 6.45) is 11.1. The molecule has 0 spiro atoms. The zero-order valence-corrected chi connectivity index (χ0v) is 68.1. The van der Waals surface area contributed by atoms with Gasteiger partial charge in [0.2, 0.25) is 23.6 Å². The first-order chi connectivity index (χ1) is 53.2. The van der Waals surface area contributed by atoms with E-state index in [1.807, 2.05) is 81.4 Å². The summed E-state index contributed by atoms with van der Waals surface area (Å²) in [5.41, 5.74) is 3.44. The average Bonchev–Trinajstić information content (AvgIpc) is 0.845. The zero-order valence-electron chi connectivity index (χ0n) is 65.9. The number of amides is 6. The molecule has 10 N–H and O–H groups in total. The van der Waals surface area contributed by atoms with Gasteiger partial charge in [0.1, 0.15) is 35.5 Å². The number of carbonyl (C=O) groups excluding carboxylic acids is 9. The normalized spacial score (nSPS) is 15.0. The minimum absolute atomic E-state index is 0.0147. The Labute approximate surface area is 669 Å². The third-order valence-corrected chi connectivity index (χ3v) is 20.9. The Kier molecular flexibility index (Phi) is 47.6. The van der Waals surface area contributed by atoms with Crippen LogP contribution in [0, 0.1) is 22.3 Å². The van der Waals surface area contributed by atoms with Crippen LogP contribution in [-0.2, 0) is 76.8 Å². The van der Waals surface area contributed by atoms with Gasteiger partial charge in [-0.1, -0.05) is 124 Å². The number of nitrogens with one attached hydrogen (secondary N) is 6. The van der Waals surface area contributed by atoms with E-state index in [1.165, 1.54) is 0 Å². The van der Waals surface area contributed by atoms with Gasteiger partial charge in [-0.2, -0.15) is 0 Å². The smallest absolute Gasteiger partial charge is 0.326 e. The van der Waals surface area contributed by atoms with Gasteiger partial charge in [-0.25, -0.2) is 14.4 Å². The lowest BCUT2D eigenvalue weighted by Crippen LogP contribution is -2.54. The maximum atomic E-state index is 14.9. The van der Waals surface area contributed by atoms with Crippen molar-refractivity contribution in [3.05, 3.63) is 105 Å². The lowest BCUT2D eigenvalue weighted by atomic mass is 9.88. The summed E-state index contributed by atoms with van der Waals surface area (Å²) in [5.74, 6) is -9.69. The molecule has 1 fully saturated rings. The van der Waals surface area contributed by atoms with Crippen molar-refractivity contribution in [3.63, 3.8) is 0 Å². The molecule has 28 heteroatoms. The number of carbonyl (C=O) groups is 13. The first kappa shape index (κ1) is 95.3. The lowest BCUT2D eigenvalue weighted by molar-refractivity contribution is -0.144. The molecular formula is C83H125IN10O17. The van der Waals surface area contributed by atoms with Crippen molar-refractivity contribution in [1.82, 2.24) is 51.5 Å². The summed E-state index contributed by atoms with van der Waals surface area (Å²) in [4.78, 5) is 179. The highest BCUT2D eigenvalue weighted by Crippen LogP contribution is 2.23. The molecule has 0 radical (unpaired) electrons. The summed E-state index contributed by atoms with van der Waals surface area (Å²) >= 11 is 2.24. The second-order valence-electron chi connectivity index (χ2n) is 29.9. The molecule has 0 bridgehead atoms. The van der Waals surface area contributed by atoms with Gasteiger partial charge >= 0.3 is 29.9 Å². The number of rotatable bonds is 56. The highest BCUT2D eigenvalue weighted by molar-refractivity contribution is 14.1. The van der Waals surface area contributed by atoms with Crippen LogP contribution in [0.4, 0.5) is 4.79 Å². The number of carboxylic acids is 4. The topological polar surface area (TPSA) is 388 Å². The maximum Gasteiger partial charge on any atom is 0.326 e. The molecule has 1 heterocycles. The van der Waals surface area contributed by atoms with Gasteiger partial charge in [0, 0.05) is 126 Å². The number of ketones is 4. The van der Waals surface area contributed by atoms with E-state index in [1.54, 1.807) is 35.2 Å². The fourth-order valence-corrected chi connectivity index (χ4v) is 13.7. The summed E-state index contributed by atoms with van der Waals surface area (Å²) in [6.45, 7) is 8.30. The minimum Gasteiger partial charge on any atom is -0.481 e. The molecule has 6 amide bonds. The lowest BCUT2D eigenvalue weighted by Gasteiger charge is -2.31. The van der Waals surface area contributed by atoms with Crippen LogP contribution in [0.2, 0.25) is 0 Å². The SMILES string of the molecule is CCCC(NC(=O)NCCCCCNC(=O)CCCCCCC(=O)CCCCCC(CC(=O)C(Cc1ccccc1)NC(=O)C(CC(=O)CCC(NC(=O)CN1CCN(C)CCN(C)CCN(CC(=O)O)CC1)C(=O)NC(CCCCCC(=O)CCCc1ccc(I)cc1)C(=O)O)Cc1cccc(C)c1)C(=O)O)C(=O)O. The van der Waals surface area contributed by atoms with Crippen molar-refractivity contribution in [3.8, 4) is 0 Å². The van der Waals surface area contributed by atoms with Crippen molar-refractivity contribution in [2.45, 2.75) is 231 Å². The Morgan fingerprint density at radius 2 is 0.955 bits per heavy atom. The molecule has 6 unspecified atom stereocenters. The van der Waals surface area contributed by atoms with Crippen LogP contribution < -0.4 is 31.9 Å². The van der Waals surface area contributed by atoms with E-state index < -0.39 is 102 Å². The Bertz CT molecular complexity index is 3380. The number of unbranched alkanes of at least 4 members (excludes halogenated alkanes) is 9. The fraction of sp³-hybridized carbons (Fsp3) is 0.627. The predicted molar refractivity (Wildman–Crippen MR) is 433 cm³/mol. The molecule has 27 nitrogen and oxygen atoms in total. The van der Waals surface area contributed by atoms with E-state index in [2.05, 4.69) is 64.3 Å². The van der Waals surface area contributed by atoms with Crippen molar-refractivity contribution in [2.24, 2.45) is 11.8 Å². The molecule has 6 atom stereocenters. The molecule has 1 aliphatic rings. The number of aryl methyl sites for hydroxylation is 2. The first-order valence-corrected chi connectivity index (χ1v) is 41.1. The Morgan fingerprint density at radius 3 is 1.55 bits per heavy atom. The quantitative estimate of drug-likeness (QED) is 0.0186. The number of likely N-dealkylation sites (N-methyl/N-ethyl adjacent to an activating group) is 2. The summed E-state index contributed by atoms with van der Waals surface area (Å²) in [5, 5.41) is 56.2. The van der Waals surface area contributed by atoms with Crippen LogP contribution >= 0.6 is 22.6 Å². The van der Waals surface area contributed by atoms with Crippen molar-refractivity contribution in [1.29, 1.82) is 0 Å². The van der Waals surface area contributed by atoms with Crippen LogP contribution in [0.15, 0.2) is 78.9 Å². The maximum absolute atomic E-state index is 14.9. The molecule has 3 aromatic rings. The number of aliphatic carboxylic acids is 4. The van der Waals surface area contributed by atoms with E-state index in [0.29, 0.717) is 179 Å².